The van der Waals surface area contributed by atoms with Crippen LogP contribution in [0.3, 0.4) is 0 Å². The summed E-state index contributed by atoms with van der Waals surface area (Å²) in [4.78, 5) is 22.5. The summed E-state index contributed by atoms with van der Waals surface area (Å²) in [6.07, 6.45) is 3.05. The Bertz CT molecular complexity index is 612. The monoisotopic (exact) mass is 324 g/mol. The molecule has 0 aliphatic carbocycles. The Hall–Kier alpha value is -2.22. The molecule has 98 valence electrons. The molecule has 0 unspecified atom stereocenters. The molecule has 1 amide bonds. The van der Waals surface area contributed by atoms with Gasteiger partial charge >= 0.3 is 5.97 Å². The second kappa shape index (κ2) is 5.61. The molecule has 0 aliphatic rings. The van der Waals surface area contributed by atoms with Crippen molar-refractivity contribution in [2.24, 2.45) is 0 Å². The van der Waals surface area contributed by atoms with Crippen LogP contribution in [0.4, 0.5) is 5.69 Å². The number of nitrogens with one attached hydrogen (secondary N) is 1. The Kier molecular flexibility index (Phi) is 3.91. The number of anilines is 1. The Labute approximate surface area is 116 Å². The molecule has 2 N–H and O–H groups in total. The largest absolute Gasteiger partial charge is 0.478 e. The first kappa shape index (κ1) is 13.2. The van der Waals surface area contributed by atoms with Crippen LogP contribution in [0.1, 0.15) is 10.4 Å². The van der Waals surface area contributed by atoms with Gasteiger partial charge in [0.05, 0.1) is 17.4 Å². The van der Waals surface area contributed by atoms with Crippen LogP contribution in [0.15, 0.2) is 35.1 Å². The van der Waals surface area contributed by atoms with E-state index in [1.165, 1.54) is 29.1 Å². The molecule has 0 saturated heterocycles. The summed E-state index contributed by atoms with van der Waals surface area (Å²) in [7, 11) is 0. The van der Waals surface area contributed by atoms with Crippen LogP contribution < -0.4 is 5.32 Å². The summed E-state index contributed by atoms with van der Waals surface area (Å²) >= 11 is 3.21. The number of nitrogens with zero attached hydrogens (tertiary/aromatic N) is 3. The van der Waals surface area contributed by atoms with Gasteiger partial charge in [0.25, 0.3) is 0 Å². The fraction of sp³-hybridized carbons (Fsp3) is 0.0909. The van der Waals surface area contributed by atoms with Crippen molar-refractivity contribution in [1.29, 1.82) is 0 Å². The molecule has 0 aliphatic heterocycles. The first-order valence-corrected chi connectivity index (χ1v) is 6.02. The second-order valence-electron chi connectivity index (χ2n) is 3.65. The van der Waals surface area contributed by atoms with Gasteiger partial charge in [0.2, 0.25) is 5.91 Å². The standard InChI is InChI=1S/C11H9BrN4O3/c12-8-5-7(11(18)19)1-2-9(8)14-10(17)6-16-4-3-13-15-16/h1-5H,6H2,(H,14,17)(H,18,19). The molecule has 0 saturated carbocycles. The van der Waals surface area contributed by atoms with Crippen molar-refractivity contribution in [3.05, 3.63) is 40.6 Å². The summed E-state index contributed by atoms with van der Waals surface area (Å²) in [5.41, 5.74) is 0.635. The lowest BCUT2D eigenvalue weighted by Gasteiger charge is -2.07. The molecule has 0 radical (unpaired) electrons. The first-order valence-electron chi connectivity index (χ1n) is 5.23. The average molecular weight is 325 g/mol. The predicted molar refractivity (Wildman–Crippen MR) is 69.8 cm³/mol. The normalized spacial score (nSPS) is 10.2. The number of hydrogen-bond donors (Lipinski definition) is 2. The van der Waals surface area contributed by atoms with E-state index in [-0.39, 0.29) is 18.0 Å². The Balaban J connectivity index is 2.07. The number of carbonyl (C=O) groups is 2. The average Bonchev–Trinajstić information content (AvgIpc) is 2.84. The zero-order valence-corrected chi connectivity index (χ0v) is 11.2. The van der Waals surface area contributed by atoms with Gasteiger partial charge in [0, 0.05) is 10.7 Å². The van der Waals surface area contributed by atoms with Gasteiger partial charge in [-0.2, -0.15) is 0 Å². The zero-order valence-electron chi connectivity index (χ0n) is 9.58. The number of carboxylic acid groups (broad SMARTS) is 1. The lowest BCUT2D eigenvalue weighted by atomic mass is 10.2. The van der Waals surface area contributed by atoms with Gasteiger partial charge in [-0.25, -0.2) is 9.48 Å². The van der Waals surface area contributed by atoms with E-state index >= 15 is 0 Å². The number of rotatable bonds is 4. The molecular weight excluding hydrogens is 316 g/mol. The molecule has 0 spiro atoms. The highest BCUT2D eigenvalue weighted by Gasteiger charge is 2.09. The highest BCUT2D eigenvalue weighted by Crippen LogP contribution is 2.23. The van der Waals surface area contributed by atoms with E-state index in [1.54, 1.807) is 6.20 Å². The molecule has 0 fully saturated rings. The minimum absolute atomic E-state index is 0.0348. The van der Waals surface area contributed by atoms with Gasteiger partial charge in [-0.05, 0) is 34.1 Å². The summed E-state index contributed by atoms with van der Waals surface area (Å²) < 4.78 is 1.88. The maximum Gasteiger partial charge on any atom is 0.335 e. The van der Waals surface area contributed by atoms with Gasteiger partial charge < -0.3 is 10.4 Å². The second-order valence-corrected chi connectivity index (χ2v) is 4.50. The quantitative estimate of drug-likeness (QED) is 0.885. The molecule has 1 aromatic carbocycles. The molecular formula is C11H9BrN4O3. The van der Waals surface area contributed by atoms with Crippen LogP contribution in [-0.2, 0) is 11.3 Å². The summed E-state index contributed by atoms with van der Waals surface area (Å²) in [6, 6.07) is 4.36. The van der Waals surface area contributed by atoms with Crippen molar-refractivity contribution in [3.8, 4) is 0 Å². The SMILES string of the molecule is O=C(Cn1ccnn1)Nc1ccc(C(=O)O)cc1Br. The minimum atomic E-state index is -1.03. The maximum atomic E-state index is 11.7. The Morgan fingerprint density at radius 2 is 2.21 bits per heavy atom. The molecule has 0 bridgehead atoms. The van der Waals surface area contributed by atoms with Gasteiger partial charge in [-0.1, -0.05) is 5.21 Å². The van der Waals surface area contributed by atoms with Crippen LogP contribution in [-0.4, -0.2) is 32.0 Å². The van der Waals surface area contributed by atoms with E-state index in [0.29, 0.717) is 10.2 Å². The molecule has 1 heterocycles. The number of carbonyl (C=O) groups excluding carboxylic acids is 1. The van der Waals surface area contributed by atoms with Gasteiger partial charge in [0.15, 0.2) is 0 Å². The van der Waals surface area contributed by atoms with Gasteiger partial charge in [-0.3, -0.25) is 4.79 Å². The van der Waals surface area contributed by atoms with Crippen molar-refractivity contribution < 1.29 is 14.7 Å². The van der Waals surface area contributed by atoms with Crippen LogP contribution in [0.5, 0.6) is 0 Å². The van der Waals surface area contributed by atoms with E-state index < -0.39 is 5.97 Å². The Morgan fingerprint density at radius 1 is 1.42 bits per heavy atom. The predicted octanol–water partition coefficient (Wildman–Crippen LogP) is 1.38. The van der Waals surface area contributed by atoms with Crippen LogP contribution in [0.2, 0.25) is 0 Å². The number of carboxylic acids is 1. The van der Waals surface area contributed by atoms with E-state index in [9.17, 15) is 9.59 Å². The Morgan fingerprint density at radius 3 is 2.79 bits per heavy atom. The third-order valence-electron chi connectivity index (χ3n) is 2.27. The summed E-state index contributed by atoms with van der Waals surface area (Å²) in [5, 5.41) is 18.7. The smallest absolute Gasteiger partial charge is 0.335 e. The van der Waals surface area contributed by atoms with E-state index in [0.717, 1.165) is 0 Å². The zero-order chi connectivity index (χ0) is 13.8. The number of hydrogen-bond acceptors (Lipinski definition) is 4. The number of aromatic carboxylic acids is 1. The van der Waals surface area contributed by atoms with Crippen molar-refractivity contribution >= 4 is 33.5 Å². The van der Waals surface area contributed by atoms with E-state index in [4.69, 9.17) is 5.11 Å². The molecule has 2 aromatic rings. The summed E-state index contributed by atoms with van der Waals surface area (Å²) in [5.74, 6) is -1.31. The van der Waals surface area contributed by atoms with E-state index in [1.807, 2.05) is 0 Å². The lowest BCUT2D eigenvalue weighted by Crippen LogP contribution is -2.19. The fourth-order valence-electron chi connectivity index (χ4n) is 1.40. The number of amides is 1. The van der Waals surface area contributed by atoms with Crippen molar-refractivity contribution in [1.82, 2.24) is 15.0 Å². The fourth-order valence-corrected chi connectivity index (χ4v) is 1.88. The third kappa shape index (κ3) is 3.38. The molecule has 7 nitrogen and oxygen atoms in total. The van der Waals surface area contributed by atoms with Crippen molar-refractivity contribution in [2.45, 2.75) is 6.54 Å². The van der Waals surface area contributed by atoms with Crippen LogP contribution in [0.25, 0.3) is 0 Å². The third-order valence-corrected chi connectivity index (χ3v) is 2.92. The van der Waals surface area contributed by atoms with Gasteiger partial charge in [0.1, 0.15) is 6.54 Å². The number of halogens is 1. The van der Waals surface area contributed by atoms with Crippen LogP contribution in [0, 0.1) is 0 Å². The molecule has 0 atom stereocenters. The first-order chi connectivity index (χ1) is 9.06. The molecule has 1 aromatic heterocycles. The number of aromatic nitrogens is 3. The molecule has 8 heteroatoms. The van der Waals surface area contributed by atoms with Crippen LogP contribution >= 0.6 is 15.9 Å². The van der Waals surface area contributed by atoms with Gasteiger partial charge in [-0.15, -0.1) is 5.10 Å². The van der Waals surface area contributed by atoms with Crippen molar-refractivity contribution in [2.75, 3.05) is 5.32 Å². The lowest BCUT2D eigenvalue weighted by molar-refractivity contribution is -0.116. The number of benzene rings is 1. The molecule has 2 rings (SSSR count). The highest BCUT2D eigenvalue weighted by atomic mass is 79.9. The topological polar surface area (TPSA) is 97.1 Å². The highest BCUT2D eigenvalue weighted by molar-refractivity contribution is 9.10. The summed E-state index contributed by atoms with van der Waals surface area (Å²) in [6.45, 7) is 0.0348. The molecule has 19 heavy (non-hydrogen) atoms. The van der Waals surface area contributed by atoms with Crippen molar-refractivity contribution in [3.63, 3.8) is 0 Å². The minimum Gasteiger partial charge on any atom is -0.478 e. The van der Waals surface area contributed by atoms with E-state index in [2.05, 4.69) is 31.6 Å². The maximum absolute atomic E-state index is 11.7.